The van der Waals surface area contributed by atoms with E-state index in [-0.39, 0.29) is 0 Å². The third kappa shape index (κ3) is 7.21. The average molecular weight is 347 g/mol. The molecule has 2 rings (SSSR count). The molecule has 0 amide bonds. The van der Waals surface area contributed by atoms with Crippen LogP contribution in [-0.2, 0) is 4.79 Å². The Morgan fingerprint density at radius 1 is 1.17 bits per heavy atom. The highest BCUT2D eigenvalue weighted by molar-refractivity contribution is 5.70. The number of piperidine rings is 1. The van der Waals surface area contributed by atoms with Crippen LogP contribution < -0.4 is 9.84 Å². The van der Waals surface area contributed by atoms with Gasteiger partial charge in [0.25, 0.3) is 0 Å². The summed E-state index contributed by atoms with van der Waals surface area (Å²) in [6.45, 7) is 8.25. The summed E-state index contributed by atoms with van der Waals surface area (Å²) in [5, 5.41) is 8.78. The van der Waals surface area contributed by atoms with Crippen molar-refractivity contribution in [2.24, 2.45) is 0 Å². The minimum Gasteiger partial charge on any atom is -0.542 e. The Bertz CT molecular complexity index is 486. The van der Waals surface area contributed by atoms with Crippen LogP contribution in [0.15, 0.2) is 30.3 Å². The molecule has 24 heavy (non-hydrogen) atoms. The number of nitrogens with zero attached hydrogens (tertiary/aromatic N) is 1. The van der Waals surface area contributed by atoms with Gasteiger partial charge < -0.3 is 19.1 Å². The lowest BCUT2D eigenvalue weighted by molar-refractivity contribution is -0.930. The highest BCUT2D eigenvalue weighted by Gasteiger charge is 2.29. The van der Waals surface area contributed by atoms with Gasteiger partial charge in [-0.05, 0) is 38.3 Å². The molecule has 7 heteroatoms. The molecule has 0 saturated carbocycles. The minimum absolute atomic E-state index is 0.845. The third-order valence-electron chi connectivity index (χ3n) is 4.24. The third-order valence-corrected chi connectivity index (χ3v) is 4.24. The quantitative estimate of drug-likeness (QED) is 0.769. The van der Waals surface area contributed by atoms with E-state index in [4.69, 9.17) is 14.6 Å². The molecule has 0 aliphatic carbocycles. The molecule has 0 spiro atoms. The summed E-state index contributed by atoms with van der Waals surface area (Å²) in [5.41, 5.74) is 0. The molecular weight excluding hydrogens is 323 g/mol. The van der Waals surface area contributed by atoms with Crippen LogP contribution in [0.4, 0.5) is 13.2 Å². The first kappa shape index (κ1) is 20.3. The zero-order valence-corrected chi connectivity index (χ0v) is 13.8. The van der Waals surface area contributed by atoms with Gasteiger partial charge in [0.2, 0.25) is 0 Å². The van der Waals surface area contributed by atoms with E-state index in [1.54, 1.807) is 0 Å². The van der Waals surface area contributed by atoms with Crippen LogP contribution in [0.25, 0.3) is 0 Å². The standard InChI is InChI=1S/C15H24NO.C2HF3O2/c1-2-16(11-7-4-8-12-16)13-14-17-15-9-5-3-6-10-15;3-2(4,5)1(6)7/h3,5-6,9-10H,2,4,7-8,11-14H2,1H3;(H,6,7)/q+1;/p-1. The number of carboxylic acid groups (broad SMARTS) is 1. The van der Waals surface area contributed by atoms with Crippen LogP contribution in [0, 0.1) is 0 Å². The molecule has 1 heterocycles. The van der Waals surface area contributed by atoms with Gasteiger partial charge in [0.1, 0.15) is 24.9 Å². The zero-order chi connectivity index (χ0) is 18.1. The Kier molecular flexibility index (Phi) is 8.04. The summed E-state index contributed by atoms with van der Waals surface area (Å²) in [6, 6.07) is 10.2. The number of ether oxygens (including phenoxy) is 1. The number of carbonyl (C=O) groups is 1. The molecule has 0 bridgehead atoms. The van der Waals surface area contributed by atoms with E-state index < -0.39 is 12.1 Å². The van der Waals surface area contributed by atoms with E-state index in [9.17, 15) is 13.2 Å². The minimum atomic E-state index is -5.19. The van der Waals surface area contributed by atoms with Gasteiger partial charge in [0.15, 0.2) is 0 Å². The lowest BCUT2D eigenvalue weighted by Crippen LogP contribution is -2.53. The second-order valence-electron chi connectivity index (χ2n) is 5.84. The van der Waals surface area contributed by atoms with E-state index in [1.807, 2.05) is 30.3 Å². The largest absolute Gasteiger partial charge is 0.542 e. The molecule has 1 aromatic carbocycles. The van der Waals surface area contributed by atoms with Gasteiger partial charge in [-0.3, -0.25) is 0 Å². The van der Waals surface area contributed by atoms with E-state index in [2.05, 4.69) is 6.92 Å². The Morgan fingerprint density at radius 2 is 1.71 bits per heavy atom. The number of rotatable bonds is 5. The molecule has 1 aromatic rings. The smallest absolute Gasteiger partial charge is 0.430 e. The van der Waals surface area contributed by atoms with E-state index in [0.29, 0.717) is 0 Å². The highest BCUT2D eigenvalue weighted by atomic mass is 19.4. The lowest BCUT2D eigenvalue weighted by atomic mass is 10.1. The van der Waals surface area contributed by atoms with Crippen LogP contribution in [0.1, 0.15) is 26.2 Å². The van der Waals surface area contributed by atoms with Crippen molar-refractivity contribution in [2.75, 3.05) is 32.8 Å². The Morgan fingerprint density at radius 3 is 2.17 bits per heavy atom. The van der Waals surface area contributed by atoms with Crippen molar-refractivity contribution < 1.29 is 32.3 Å². The molecular formula is C17H24F3NO3. The van der Waals surface area contributed by atoms with Gasteiger partial charge in [-0.15, -0.1) is 0 Å². The van der Waals surface area contributed by atoms with Crippen LogP contribution in [0.3, 0.4) is 0 Å². The number of likely N-dealkylation sites (N-methyl/N-ethyl adjacent to an activating group) is 1. The number of aliphatic carboxylic acids is 1. The molecule has 0 unspecified atom stereocenters. The normalized spacial score (nSPS) is 16.7. The summed E-state index contributed by atoms with van der Waals surface area (Å²) >= 11 is 0. The monoisotopic (exact) mass is 347 g/mol. The molecule has 1 aliphatic rings. The van der Waals surface area contributed by atoms with Gasteiger partial charge in [-0.2, -0.15) is 13.2 Å². The molecule has 0 aromatic heterocycles. The summed E-state index contributed by atoms with van der Waals surface area (Å²) in [7, 11) is 0. The van der Waals surface area contributed by atoms with Gasteiger partial charge >= 0.3 is 6.18 Å². The van der Waals surface area contributed by atoms with Crippen molar-refractivity contribution in [1.29, 1.82) is 0 Å². The number of hydrogen-bond donors (Lipinski definition) is 0. The fraction of sp³-hybridized carbons (Fsp3) is 0.588. The number of carboxylic acids is 1. The van der Waals surface area contributed by atoms with Crippen LogP contribution in [0.2, 0.25) is 0 Å². The van der Waals surface area contributed by atoms with Gasteiger partial charge in [-0.25, -0.2) is 0 Å². The molecule has 0 N–H and O–H groups in total. The number of quaternary nitrogens is 1. The molecule has 1 aliphatic heterocycles. The molecule has 1 fully saturated rings. The number of alkyl halides is 3. The maximum atomic E-state index is 10.5. The molecule has 136 valence electrons. The van der Waals surface area contributed by atoms with Crippen molar-refractivity contribution >= 4 is 5.97 Å². The Balaban J connectivity index is 0.000000351. The van der Waals surface area contributed by atoms with Crippen molar-refractivity contribution in [3.63, 3.8) is 0 Å². The van der Waals surface area contributed by atoms with Crippen LogP contribution in [0.5, 0.6) is 5.75 Å². The van der Waals surface area contributed by atoms with Crippen molar-refractivity contribution in [3.05, 3.63) is 30.3 Å². The maximum Gasteiger partial charge on any atom is 0.430 e. The number of benzene rings is 1. The molecule has 0 atom stereocenters. The second-order valence-corrected chi connectivity index (χ2v) is 5.84. The van der Waals surface area contributed by atoms with E-state index in [1.165, 1.54) is 43.4 Å². The van der Waals surface area contributed by atoms with E-state index in [0.717, 1.165) is 18.9 Å². The fourth-order valence-corrected chi connectivity index (χ4v) is 2.75. The maximum absolute atomic E-state index is 10.5. The topological polar surface area (TPSA) is 49.4 Å². The van der Waals surface area contributed by atoms with E-state index >= 15 is 0 Å². The summed E-state index contributed by atoms with van der Waals surface area (Å²) in [6.07, 6.45) is -1.00. The summed E-state index contributed by atoms with van der Waals surface area (Å²) in [5.74, 6) is -2.01. The second kappa shape index (κ2) is 9.52. The first-order chi connectivity index (χ1) is 11.3. The predicted molar refractivity (Wildman–Crippen MR) is 82.3 cm³/mol. The van der Waals surface area contributed by atoms with Gasteiger partial charge in [0, 0.05) is 0 Å². The van der Waals surface area contributed by atoms with Crippen LogP contribution >= 0.6 is 0 Å². The molecule has 1 saturated heterocycles. The van der Waals surface area contributed by atoms with Crippen molar-refractivity contribution in [1.82, 2.24) is 0 Å². The number of para-hydroxylation sites is 1. The summed E-state index contributed by atoms with van der Waals surface area (Å²) in [4.78, 5) is 8.78. The summed E-state index contributed by atoms with van der Waals surface area (Å²) < 4.78 is 38.6. The molecule has 0 radical (unpaired) electrons. The highest BCUT2D eigenvalue weighted by Crippen LogP contribution is 2.18. The average Bonchev–Trinajstić information content (AvgIpc) is 2.56. The zero-order valence-electron chi connectivity index (χ0n) is 13.8. The Hall–Kier alpha value is -1.76. The first-order valence-corrected chi connectivity index (χ1v) is 8.10. The number of halogens is 3. The Labute approximate surface area is 140 Å². The van der Waals surface area contributed by atoms with Gasteiger partial charge in [-0.1, -0.05) is 18.2 Å². The number of hydrogen-bond acceptors (Lipinski definition) is 3. The van der Waals surface area contributed by atoms with Gasteiger partial charge in [0.05, 0.1) is 19.6 Å². The van der Waals surface area contributed by atoms with Crippen LogP contribution in [-0.4, -0.2) is 49.4 Å². The lowest BCUT2D eigenvalue weighted by Gasteiger charge is -2.40. The fourth-order valence-electron chi connectivity index (χ4n) is 2.75. The van der Waals surface area contributed by atoms with Crippen molar-refractivity contribution in [2.45, 2.75) is 32.4 Å². The first-order valence-electron chi connectivity index (χ1n) is 8.10. The molecule has 4 nitrogen and oxygen atoms in total. The predicted octanol–water partition coefficient (Wildman–Crippen LogP) is 2.38. The van der Waals surface area contributed by atoms with Crippen molar-refractivity contribution in [3.8, 4) is 5.75 Å². The number of likely N-dealkylation sites (tertiary alicyclic amines) is 1. The SMILES string of the molecule is CC[N+]1(CCOc2ccccc2)CCCCC1.O=C([O-])C(F)(F)F. The number of carbonyl (C=O) groups excluding carboxylic acids is 1.